The fourth-order valence-electron chi connectivity index (χ4n) is 2.12. The van der Waals surface area contributed by atoms with Gasteiger partial charge in [0.1, 0.15) is 11.4 Å². The number of methoxy groups -OCH3 is 1. The van der Waals surface area contributed by atoms with Crippen molar-refractivity contribution in [3.63, 3.8) is 0 Å². The van der Waals surface area contributed by atoms with E-state index < -0.39 is 0 Å². The number of ether oxygens (including phenoxy) is 1. The molecule has 0 aliphatic carbocycles. The number of nitrogens with one attached hydrogen (secondary N) is 1. The van der Waals surface area contributed by atoms with Crippen LogP contribution in [0.1, 0.15) is 5.56 Å². The number of anilines is 1. The highest BCUT2D eigenvalue weighted by atomic mass is 32.1. The molecule has 0 aromatic heterocycles. The molecule has 1 fully saturated rings. The average Bonchev–Trinajstić information content (AvgIpc) is 2.75. The van der Waals surface area contributed by atoms with Gasteiger partial charge >= 0.3 is 0 Å². The summed E-state index contributed by atoms with van der Waals surface area (Å²) in [5.41, 5.74) is 2.27. The third kappa shape index (κ3) is 3.12. The van der Waals surface area contributed by atoms with Gasteiger partial charge in [0, 0.05) is 38.0 Å². The predicted molar refractivity (Wildman–Crippen MR) is 92.9 cm³/mol. The van der Waals surface area contributed by atoms with E-state index >= 15 is 0 Å². The molecule has 1 saturated heterocycles. The van der Waals surface area contributed by atoms with Gasteiger partial charge in [-0.2, -0.15) is 0 Å². The second kappa shape index (κ2) is 6.62. The molecule has 1 amide bonds. The number of benzene rings is 1. The molecule has 2 rings (SSSR count). The van der Waals surface area contributed by atoms with Crippen molar-refractivity contribution < 1.29 is 9.53 Å². The highest BCUT2D eigenvalue weighted by molar-refractivity contribution is 7.80. The fraction of sp³-hybridized carbons (Fsp3) is 0.250. The number of carbonyl (C=O) groups is 1. The summed E-state index contributed by atoms with van der Waals surface area (Å²) < 4.78 is 5.41. The highest BCUT2D eigenvalue weighted by Crippen LogP contribution is 2.27. The van der Waals surface area contributed by atoms with E-state index in [-0.39, 0.29) is 5.91 Å². The molecule has 1 heterocycles. The molecular weight excluding hydrogens is 298 g/mol. The Morgan fingerprint density at radius 3 is 2.77 bits per heavy atom. The number of hydrogen-bond acceptors (Lipinski definition) is 4. The van der Waals surface area contributed by atoms with Crippen LogP contribution in [0, 0.1) is 0 Å². The number of amides is 1. The molecule has 1 aromatic rings. The highest BCUT2D eigenvalue weighted by Gasteiger charge is 2.29. The first-order chi connectivity index (χ1) is 10.5. The molecule has 1 N–H and O–H groups in total. The summed E-state index contributed by atoms with van der Waals surface area (Å²) in [6.07, 6.45) is 3.39. The second-order valence-electron chi connectivity index (χ2n) is 5.01. The molecule has 0 radical (unpaired) electrons. The second-order valence-corrected chi connectivity index (χ2v) is 5.40. The van der Waals surface area contributed by atoms with Crippen molar-refractivity contribution in [3.8, 4) is 5.75 Å². The molecule has 0 saturated carbocycles. The summed E-state index contributed by atoms with van der Waals surface area (Å²) in [5, 5.41) is 3.32. The van der Waals surface area contributed by atoms with E-state index in [1.807, 2.05) is 37.2 Å². The van der Waals surface area contributed by atoms with Gasteiger partial charge in [-0.1, -0.05) is 6.08 Å². The van der Waals surface area contributed by atoms with Gasteiger partial charge in [0.05, 0.1) is 7.11 Å². The van der Waals surface area contributed by atoms with Gasteiger partial charge in [-0.05, 0) is 30.4 Å². The SMILES string of the molecule is C=CCN1C(=O)C(=Cc2ccc(N(C)C)cc2OC)NC1=S. The van der Waals surface area contributed by atoms with Crippen molar-refractivity contribution in [1.29, 1.82) is 0 Å². The Morgan fingerprint density at radius 1 is 1.45 bits per heavy atom. The van der Waals surface area contributed by atoms with Crippen LogP contribution in [0.15, 0.2) is 36.6 Å². The zero-order chi connectivity index (χ0) is 16.3. The smallest absolute Gasteiger partial charge is 0.276 e. The van der Waals surface area contributed by atoms with Crippen LogP contribution < -0.4 is 15.0 Å². The van der Waals surface area contributed by atoms with E-state index in [1.165, 1.54) is 4.90 Å². The first kappa shape index (κ1) is 16.0. The van der Waals surface area contributed by atoms with Crippen LogP contribution in [-0.2, 0) is 4.79 Å². The lowest BCUT2D eigenvalue weighted by Gasteiger charge is -2.15. The Hall–Kier alpha value is -2.34. The summed E-state index contributed by atoms with van der Waals surface area (Å²) in [6.45, 7) is 4.02. The quantitative estimate of drug-likeness (QED) is 0.511. The summed E-state index contributed by atoms with van der Waals surface area (Å²) in [5.74, 6) is 0.532. The molecule has 5 nitrogen and oxygen atoms in total. The third-order valence-electron chi connectivity index (χ3n) is 3.31. The van der Waals surface area contributed by atoms with Gasteiger partial charge in [-0.25, -0.2) is 0 Å². The van der Waals surface area contributed by atoms with Crippen LogP contribution in [0.4, 0.5) is 5.69 Å². The lowest BCUT2D eigenvalue weighted by molar-refractivity contribution is -0.122. The van der Waals surface area contributed by atoms with Crippen LogP contribution in [0.3, 0.4) is 0 Å². The van der Waals surface area contributed by atoms with Crippen LogP contribution in [0.2, 0.25) is 0 Å². The molecule has 1 aliphatic rings. The Balaban J connectivity index is 2.35. The summed E-state index contributed by atoms with van der Waals surface area (Å²) >= 11 is 5.16. The van der Waals surface area contributed by atoms with E-state index in [4.69, 9.17) is 17.0 Å². The van der Waals surface area contributed by atoms with Gasteiger partial charge < -0.3 is 15.0 Å². The van der Waals surface area contributed by atoms with Gasteiger partial charge in [-0.15, -0.1) is 6.58 Å². The minimum Gasteiger partial charge on any atom is -0.496 e. The molecule has 1 aromatic carbocycles. The molecule has 0 bridgehead atoms. The molecular formula is C16H19N3O2S. The van der Waals surface area contributed by atoms with Crippen molar-refractivity contribution in [1.82, 2.24) is 10.2 Å². The Labute approximate surface area is 135 Å². The minimum atomic E-state index is -0.163. The molecule has 6 heteroatoms. The van der Waals surface area contributed by atoms with E-state index in [1.54, 1.807) is 19.3 Å². The fourth-order valence-corrected chi connectivity index (χ4v) is 2.39. The van der Waals surface area contributed by atoms with Crippen molar-refractivity contribution in [2.75, 3.05) is 32.6 Å². The summed E-state index contributed by atoms with van der Waals surface area (Å²) in [7, 11) is 5.52. The maximum Gasteiger partial charge on any atom is 0.276 e. The number of hydrogen-bond donors (Lipinski definition) is 1. The van der Waals surface area contributed by atoms with Gasteiger partial charge in [0.2, 0.25) is 0 Å². The average molecular weight is 317 g/mol. The largest absolute Gasteiger partial charge is 0.496 e. The van der Waals surface area contributed by atoms with Crippen LogP contribution in [0.25, 0.3) is 6.08 Å². The monoisotopic (exact) mass is 317 g/mol. The molecule has 1 aliphatic heterocycles. The van der Waals surface area contributed by atoms with E-state index in [9.17, 15) is 4.79 Å². The standard InChI is InChI=1S/C16H19N3O2S/c1-5-8-19-15(20)13(17-16(19)22)9-11-6-7-12(18(2)3)10-14(11)21-4/h5-7,9-10H,1,8H2,2-4H3,(H,17,22). The lowest BCUT2D eigenvalue weighted by atomic mass is 10.1. The van der Waals surface area contributed by atoms with Crippen molar-refractivity contribution in [2.45, 2.75) is 0 Å². The third-order valence-corrected chi connectivity index (χ3v) is 3.63. The number of rotatable bonds is 5. The van der Waals surface area contributed by atoms with E-state index in [2.05, 4.69) is 11.9 Å². The molecule has 0 atom stereocenters. The number of thiocarbonyl (C=S) groups is 1. The van der Waals surface area contributed by atoms with E-state index in [0.717, 1.165) is 11.3 Å². The zero-order valence-corrected chi connectivity index (χ0v) is 13.7. The lowest BCUT2D eigenvalue weighted by Crippen LogP contribution is -2.30. The Bertz CT molecular complexity index is 653. The Morgan fingerprint density at radius 2 is 2.18 bits per heavy atom. The molecule has 116 valence electrons. The van der Waals surface area contributed by atoms with Crippen LogP contribution in [0.5, 0.6) is 5.75 Å². The van der Waals surface area contributed by atoms with Gasteiger partial charge in [0.15, 0.2) is 5.11 Å². The molecule has 0 spiro atoms. The minimum absolute atomic E-state index is 0.163. The van der Waals surface area contributed by atoms with Crippen LogP contribution in [-0.4, -0.2) is 43.7 Å². The zero-order valence-electron chi connectivity index (χ0n) is 12.9. The van der Waals surface area contributed by atoms with E-state index in [0.29, 0.717) is 23.1 Å². The van der Waals surface area contributed by atoms with Crippen molar-refractivity contribution in [2.24, 2.45) is 0 Å². The van der Waals surface area contributed by atoms with Gasteiger partial charge in [-0.3, -0.25) is 9.69 Å². The number of nitrogens with zero attached hydrogens (tertiary/aromatic N) is 2. The van der Waals surface area contributed by atoms with Crippen LogP contribution >= 0.6 is 12.2 Å². The number of carbonyl (C=O) groups excluding carboxylic acids is 1. The normalized spacial score (nSPS) is 16.0. The maximum absolute atomic E-state index is 12.3. The summed E-state index contributed by atoms with van der Waals surface area (Å²) in [4.78, 5) is 15.7. The molecule has 22 heavy (non-hydrogen) atoms. The predicted octanol–water partition coefficient (Wildman–Crippen LogP) is 2.00. The van der Waals surface area contributed by atoms with Crippen molar-refractivity contribution in [3.05, 3.63) is 42.1 Å². The first-order valence-electron chi connectivity index (χ1n) is 6.78. The maximum atomic E-state index is 12.3. The summed E-state index contributed by atoms with van der Waals surface area (Å²) in [6, 6.07) is 5.80. The van der Waals surface area contributed by atoms with Crippen molar-refractivity contribution >= 4 is 35.0 Å². The first-order valence-corrected chi connectivity index (χ1v) is 7.19. The Kier molecular flexibility index (Phi) is 4.82. The topological polar surface area (TPSA) is 44.8 Å². The molecule has 0 unspecified atom stereocenters. The van der Waals surface area contributed by atoms with Gasteiger partial charge in [0.25, 0.3) is 5.91 Å².